The van der Waals surface area contributed by atoms with Gasteiger partial charge in [0.05, 0.1) is 23.6 Å². The van der Waals surface area contributed by atoms with E-state index in [0.717, 1.165) is 16.0 Å². The van der Waals surface area contributed by atoms with Crippen LogP contribution in [0.1, 0.15) is 5.56 Å². The zero-order chi connectivity index (χ0) is 22.0. The minimum Gasteiger partial charge on any atom is -0.495 e. The lowest BCUT2D eigenvalue weighted by Gasteiger charge is -2.08. The first-order valence-electron chi connectivity index (χ1n) is 9.33. The molecular weight excluding hydrogens is 455 g/mol. The van der Waals surface area contributed by atoms with Gasteiger partial charge in [-0.15, -0.1) is 22.0 Å². The molecule has 0 bridgehead atoms. The van der Waals surface area contributed by atoms with Crippen molar-refractivity contribution in [1.29, 1.82) is 0 Å². The smallest absolute Gasteiger partial charge is 0.234 e. The molecule has 4 rings (SSSR count). The molecule has 0 aliphatic rings. The van der Waals surface area contributed by atoms with Crippen LogP contribution < -0.4 is 10.1 Å². The number of hydrogen-bond donors (Lipinski definition) is 1. The molecule has 0 atom stereocenters. The van der Waals surface area contributed by atoms with Gasteiger partial charge < -0.3 is 10.1 Å². The quantitative estimate of drug-likeness (QED) is 0.360. The van der Waals surface area contributed by atoms with Crippen LogP contribution in [-0.4, -0.2) is 33.8 Å². The molecule has 9 heteroatoms. The Hall–Kier alpha value is -2.74. The average Bonchev–Trinajstić information content (AvgIpc) is 3.16. The van der Waals surface area contributed by atoms with Gasteiger partial charge in [-0.25, -0.2) is 0 Å². The summed E-state index contributed by atoms with van der Waals surface area (Å²) in [5.41, 5.74) is 3.70. The first kappa shape index (κ1) is 21.5. The summed E-state index contributed by atoms with van der Waals surface area (Å²) in [4.78, 5) is 14.9. The molecule has 0 unspecified atom stereocenters. The molecule has 0 aliphatic heterocycles. The molecule has 0 radical (unpaired) electrons. The Kier molecular flexibility index (Phi) is 6.36. The number of nitrogens with one attached hydrogen (secondary N) is 1. The summed E-state index contributed by atoms with van der Waals surface area (Å²) in [6, 6.07) is 16.4. The number of anilines is 1. The fourth-order valence-corrected chi connectivity index (χ4v) is 4.04. The average molecular weight is 473 g/mol. The number of amides is 1. The molecule has 31 heavy (non-hydrogen) atoms. The summed E-state index contributed by atoms with van der Waals surface area (Å²) < 4.78 is 5.19. The van der Waals surface area contributed by atoms with Gasteiger partial charge in [-0.3, -0.25) is 4.79 Å². The van der Waals surface area contributed by atoms with Gasteiger partial charge in [0.1, 0.15) is 16.8 Å². The van der Waals surface area contributed by atoms with E-state index >= 15 is 0 Å². The lowest BCUT2D eigenvalue weighted by atomic mass is 10.2. The lowest BCUT2D eigenvalue weighted by Crippen LogP contribution is -2.14. The van der Waals surface area contributed by atoms with E-state index in [1.807, 2.05) is 37.3 Å². The Balaban J connectivity index is 1.51. The molecule has 1 N–H and O–H groups in total. The predicted molar refractivity (Wildman–Crippen MR) is 126 cm³/mol. The number of hydrogen-bond acceptors (Lipinski definition) is 5. The third kappa shape index (κ3) is 4.95. The van der Waals surface area contributed by atoms with Crippen LogP contribution in [0, 0.1) is 6.92 Å². The van der Waals surface area contributed by atoms with Crippen LogP contribution in [0.5, 0.6) is 5.75 Å². The summed E-state index contributed by atoms with van der Waals surface area (Å²) in [5, 5.41) is 13.2. The molecule has 0 fully saturated rings. The third-order valence-corrected chi connectivity index (χ3v) is 6.11. The monoisotopic (exact) mass is 472 g/mol. The third-order valence-electron chi connectivity index (χ3n) is 4.55. The highest BCUT2D eigenvalue weighted by Gasteiger charge is 2.12. The number of rotatable bonds is 6. The Morgan fingerprint density at radius 2 is 1.77 bits per heavy atom. The van der Waals surface area contributed by atoms with Crippen molar-refractivity contribution in [3.63, 3.8) is 0 Å². The molecular formula is C22H18Cl2N4O2S. The van der Waals surface area contributed by atoms with Crippen LogP contribution in [0.4, 0.5) is 5.69 Å². The zero-order valence-electron chi connectivity index (χ0n) is 16.7. The lowest BCUT2D eigenvalue weighted by molar-refractivity contribution is -0.113. The second kappa shape index (κ2) is 9.18. The number of halogens is 2. The van der Waals surface area contributed by atoms with Gasteiger partial charge in [0, 0.05) is 15.6 Å². The number of aryl methyl sites for hydroxylation is 1. The molecule has 4 aromatic rings. The maximum Gasteiger partial charge on any atom is 0.234 e. The molecule has 0 saturated carbocycles. The summed E-state index contributed by atoms with van der Waals surface area (Å²) in [7, 11) is 1.56. The number of methoxy groups -OCH3 is 1. The van der Waals surface area contributed by atoms with E-state index < -0.39 is 0 Å². The highest BCUT2D eigenvalue weighted by Crippen LogP contribution is 2.28. The maximum absolute atomic E-state index is 12.4. The predicted octanol–water partition coefficient (Wildman–Crippen LogP) is 5.78. The van der Waals surface area contributed by atoms with Crippen molar-refractivity contribution in [2.75, 3.05) is 18.2 Å². The zero-order valence-corrected chi connectivity index (χ0v) is 19.1. The van der Waals surface area contributed by atoms with E-state index in [1.165, 1.54) is 16.6 Å². The number of fused-ring (bicyclic) bond motifs is 1. The highest BCUT2D eigenvalue weighted by atomic mass is 35.5. The minimum atomic E-state index is -0.100. The van der Waals surface area contributed by atoms with Gasteiger partial charge in [0.15, 0.2) is 0 Å². The van der Waals surface area contributed by atoms with E-state index in [4.69, 9.17) is 27.9 Å². The van der Waals surface area contributed by atoms with Crippen LogP contribution in [0.25, 0.3) is 16.7 Å². The molecule has 1 heterocycles. The number of aromatic nitrogens is 3. The maximum atomic E-state index is 12.4. The van der Waals surface area contributed by atoms with Crippen LogP contribution in [0.15, 0.2) is 59.5 Å². The van der Waals surface area contributed by atoms with Crippen LogP contribution >= 0.6 is 35.0 Å². The van der Waals surface area contributed by atoms with E-state index in [1.54, 1.807) is 31.4 Å². The molecule has 0 saturated heterocycles. The van der Waals surface area contributed by atoms with Crippen LogP contribution in [-0.2, 0) is 4.79 Å². The van der Waals surface area contributed by atoms with Crippen LogP contribution in [0.2, 0.25) is 10.0 Å². The number of ether oxygens (including phenoxy) is 1. The molecule has 3 aromatic carbocycles. The topological polar surface area (TPSA) is 69.0 Å². The Morgan fingerprint density at radius 3 is 2.45 bits per heavy atom. The van der Waals surface area contributed by atoms with Crippen molar-refractivity contribution in [2.45, 2.75) is 11.8 Å². The fourth-order valence-electron chi connectivity index (χ4n) is 2.96. The van der Waals surface area contributed by atoms with Gasteiger partial charge in [0.25, 0.3) is 0 Å². The van der Waals surface area contributed by atoms with Crippen molar-refractivity contribution in [2.24, 2.45) is 0 Å². The number of carbonyl (C=O) groups is 1. The number of carbonyl (C=O) groups excluding carboxylic acids is 1. The SMILES string of the molecule is COc1ccc(-n2nc3cc(C)c(NC(=O)CSc4ccc(Cl)cc4)cc3n2)cc1Cl. The summed E-state index contributed by atoms with van der Waals surface area (Å²) >= 11 is 13.6. The first-order valence-corrected chi connectivity index (χ1v) is 11.1. The van der Waals surface area contributed by atoms with Gasteiger partial charge >= 0.3 is 0 Å². The molecule has 1 amide bonds. The van der Waals surface area contributed by atoms with E-state index in [2.05, 4.69) is 15.5 Å². The standard InChI is InChI=1S/C22H18Cl2N4O2S/c1-13-9-19-20(27-28(26-19)15-5-8-21(30-2)17(24)10-15)11-18(13)25-22(29)12-31-16-6-3-14(23)4-7-16/h3-11H,12H2,1-2H3,(H,25,29). The minimum absolute atomic E-state index is 0.100. The van der Waals surface area contributed by atoms with Gasteiger partial charge in [0.2, 0.25) is 5.91 Å². The van der Waals surface area contributed by atoms with Crippen LogP contribution in [0.3, 0.4) is 0 Å². The second-order valence-electron chi connectivity index (χ2n) is 6.75. The Morgan fingerprint density at radius 1 is 1.06 bits per heavy atom. The number of nitrogens with zero attached hydrogens (tertiary/aromatic N) is 3. The first-order chi connectivity index (χ1) is 14.9. The van der Waals surface area contributed by atoms with Gasteiger partial charge in [-0.1, -0.05) is 23.2 Å². The van der Waals surface area contributed by atoms with Crippen molar-refractivity contribution in [3.05, 3.63) is 70.2 Å². The van der Waals surface area contributed by atoms with E-state index in [9.17, 15) is 4.79 Å². The fraction of sp³-hybridized carbons (Fsp3) is 0.136. The van der Waals surface area contributed by atoms with Crippen molar-refractivity contribution < 1.29 is 9.53 Å². The molecule has 1 aromatic heterocycles. The molecule has 158 valence electrons. The van der Waals surface area contributed by atoms with Gasteiger partial charge in [-0.05, 0) is 67.1 Å². The normalized spacial score (nSPS) is 11.0. The van der Waals surface area contributed by atoms with Crippen molar-refractivity contribution >= 4 is 57.6 Å². The Bertz CT molecular complexity index is 1260. The molecule has 0 spiro atoms. The summed E-state index contributed by atoms with van der Waals surface area (Å²) in [5.74, 6) is 0.770. The van der Waals surface area contributed by atoms with E-state index in [-0.39, 0.29) is 11.7 Å². The summed E-state index contributed by atoms with van der Waals surface area (Å²) in [6.07, 6.45) is 0. The summed E-state index contributed by atoms with van der Waals surface area (Å²) in [6.45, 7) is 1.92. The Labute approximate surface area is 193 Å². The highest BCUT2D eigenvalue weighted by molar-refractivity contribution is 8.00. The molecule has 6 nitrogen and oxygen atoms in total. The largest absolute Gasteiger partial charge is 0.495 e. The molecule has 0 aliphatic carbocycles. The van der Waals surface area contributed by atoms with E-state index in [0.29, 0.717) is 32.7 Å². The number of thioether (sulfide) groups is 1. The van der Waals surface area contributed by atoms with Crippen molar-refractivity contribution in [1.82, 2.24) is 15.0 Å². The van der Waals surface area contributed by atoms with Crippen molar-refractivity contribution in [3.8, 4) is 11.4 Å². The number of benzene rings is 3. The second-order valence-corrected chi connectivity index (χ2v) is 8.65. The van der Waals surface area contributed by atoms with Gasteiger partial charge in [-0.2, -0.15) is 4.80 Å².